The predicted octanol–water partition coefficient (Wildman–Crippen LogP) is 3.26. The van der Waals surface area contributed by atoms with Crippen molar-refractivity contribution in [1.29, 1.82) is 5.26 Å². The van der Waals surface area contributed by atoms with Crippen LogP contribution < -0.4 is 10.6 Å². The minimum absolute atomic E-state index is 0.0391. The van der Waals surface area contributed by atoms with Crippen molar-refractivity contribution in [2.24, 2.45) is 10.1 Å². The first-order chi connectivity index (χ1) is 17.5. The second-order valence-electron chi connectivity index (χ2n) is 9.02. The number of nitrogens with zero attached hydrogens (tertiary/aromatic N) is 7. The molecule has 2 N–H and O–H groups in total. The van der Waals surface area contributed by atoms with E-state index in [1.165, 1.54) is 0 Å². The monoisotopic (exact) mass is 491 g/mol. The van der Waals surface area contributed by atoms with Crippen molar-refractivity contribution in [3.05, 3.63) is 40.5 Å². The Kier molecular flexibility index (Phi) is 7.92. The Hall–Kier alpha value is -4.23. The number of carbonyl (C=O) groups excluding carboxylic acids is 2. The molecule has 12 nitrogen and oxygen atoms in total. The molecule has 0 bridgehead atoms. The van der Waals surface area contributed by atoms with Crippen molar-refractivity contribution in [2.45, 2.75) is 51.1 Å². The Morgan fingerprint density at radius 2 is 2.14 bits per heavy atom. The molecule has 1 aromatic carbocycles. The molecule has 3 heterocycles. The molecule has 4 rings (SSSR count). The van der Waals surface area contributed by atoms with E-state index >= 15 is 0 Å². The zero-order valence-electron chi connectivity index (χ0n) is 20.2. The second kappa shape index (κ2) is 11.5. The lowest BCUT2D eigenvalue weighted by Crippen LogP contribution is -2.47. The van der Waals surface area contributed by atoms with Gasteiger partial charge in [0.1, 0.15) is 17.4 Å². The summed E-state index contributed by atoms with van der Waals surface area (Å²) >= 11 is 0. The first kappa shape index (κ1) is 24.9. The second-order valence-corrected chi connectivity index (χ2v) is 9.02. The van der Waals surface area contributed by atoms with Gasteiger partial charge in [-0.1, -0.05) is 5.11 Å². The number of carbonyl (C=O) groups is 2. The normalized spacial score (nSPS) is 20.6. The first-order valence-electron chi connectivity index (χ1n) is 12.1. The topological polar surface area (TPSA) is 163 Å². The SMILES string of the molecule is Cc1cc2cc(NC(=NC3CCCCN(CC(=O)N4CCCC4CN=[N+]=[N-])C3=O)NC#N)ccc2o1. The fraction of sp³-hybridized carbons (Fsp3) is 0.500. The number of aliphatic imine (C=N–C) groups is 1. The summed E-state index contributed by atoms with van der Waals surface area (Å²) in [5.41, 5.74) is 10.1. The van der Waals surface area contributed by atoms with Gasteiger partial charge in [0.05, 0.1) is 6.54 Å². The number of rotatable bonds is 6. The first-order valence-corrected chi connectivity index (χ1v) is 12.1. The lowest BCUT2D eigenvalue weighted by molar-refractivity contribution is -0.141. The molecule has 2 aliphatic heterocycles. The van der Waals surface area contributed by atoms with E-state index in [2.05, 4.69) is 25.7 Å². The molecular formula is C24H29N9O3. The molecule has 0 spiro atoms. The van der Waals surface area contributed by atoms with Gasteiger partial charge in [-0.15, -0.1) is 0 Å². The van der Waals surface area contributed by atoms with Gasteiger partial charge < -0.3 is 19.5 Å². The van der Waals surface area contributed by atoms with E-state index in [0.717, 1.165) is 42.4 Å². The lowest BCUT2D eigenvalue weighted by Gasteiger charge is -2.28. The Labute approximate surface area is 208 Å². The van der Waals surface area contributed by atoms with E-state index < -0.39 is 6.04 Å². The van der Waals surface area contributed by atoms with E-state index in [1.54, 1.807) is 9.80 Å². The third-order valence-corrected chi connectivity index (χ3v) is 6.49. The van der Waals surface area contributed by atoms with Crippen LogP contribution in [0.2, 0.25) is 0 Å². The number of benzene rings is 1. The minimum Gasteiger partial charge on any atom is -0.461 e. The predicted molar refractivity (Wildman–Crippen MR) is 134 cm³/mol. The standard InChI is InChI=1S/C24H29N9O3/c1-16-11-17-12-18(7-8-21(17)36-16)29-24(27-15-25)30-20-6-2-3-9-32(23(20)35)14-22(34)33-10-4-5-19(33)13-28-31-26/h7-8,11-12,19-20H,2-6,9-10,13-14H2,1H3,(H2,27,29,30). The maximum absolute atomic E-state index is 13.3. The molecule has 0 saturated carbocycles. The van der Waals surface area contributed by atoms with Crippen LogP contribution in [0, 0.1) is 18.4 Å². The van der Waals surface area contributed by atoms with Crippen LogP contribution in [-0.4, -0.2) is 65.8 Å². The van der Waals surface area contributed by atoms with Crippen LogP contribution >= 0.6 is 0 Å². The van der Waals surface area contributed by atoms with Gasteiger partial charge in [-0.05, 0) is 68.8 Å². The summed E-state index contributed by atoms with van der Waals surface area (Å²) in [5, 5.41) is 19.4. The zero-order chi connectivity index (χ0) is 25.5. The molecule has 188 valence electrons. The third kappa shape index (κ3) is 5.87. The molecule has 12 heteroatoms. The fourth-order valence-corrected chi connectivity index (χ4v) is 4.80. The van der Waals surface area contributed by atoms with Crippen molar-refractivity contribution in [3.63, 3.8) is 0 Å². The largest absolute Gasteiger partial charge is 0.461 e. The molecular weight excluding hydrogens is 462 g/mol. The smallest absolute Gasteiger partial charge is 0.247 e. The lowest BCUT2D eigenvalue weighted by atomic mass is 10.1. The third-order valence-electron chi connectivity index (χ3n) is 6.49. The molecule has 0 aliphatic carbocycles. The van der Waals surface area contributed by atoms with Gasteiger partial charge in [0.2, 0.25) is 17.8 Å². The maximum Gasteiger partial charge on any atom is 0.247 e. The number of guanidine groups is 1. The molecule has 2 unspecified atom stereocenters. The fourth-order valence-electron chi connectivity index (χ4n) is 4.80. The molecule has 2 atom stereocenters. The number of nitriles is 1. The number of amides is 2. The van der Waals surface area contributed by atoms with Crippen molar-refractivity contribution in [1.82, 2.24) is 15.1 Å². The summed E-state index contributed by atoms with van der Waals surface area (Å²) < 4.78 is 5.60. The van der Waals surface area contributed by atoms with Crippen LogP contribution in [-0.2, 0) is 9.59 Å². The number of furan rings is 1. The summed E-state index contributed by atoms with van der Waals surface area (Å²) in [5.74, 6) is 0.563. The molecule has 2 aliphatic rings. The summed E-state index contributed by atoms with van der Waals surface area (Å²) in [6, 6.07) is 6.58. The van der Waals surface area contributed by atoms with Crippen LogP contribution in [0.4, 0.5) is 5.69 Å². The van der Waals surface area contributed by atoms with Gasteiger partial charge in [-0.3, -0.25) is 14.9 Å². The van der Waals surface area contributed by atoms with Crippen LogP contribution in [0.25, 0.3) is 21.4 Å². The van der Waals surface area contributed by atoms with Crippen LogP contribution in [0.3, 0.4) is 0 Å². The quantitative estimate of drug-likeness (QED) is 0.120. The number of azide groups is 1. The number of anilines is 1. The van der Waals surface area contributed by atoms with Crippen molar-refractivity contribution in [2.75, 3.05) is 31.5 Å². The van der Waals surface area contributed by atoms with Crippen molar-refractivity contribution >= 4 is 34.4 Å². The molecule has 2 saturated heterocycles. The van der Waals surface area contributed by atoms with Gasteiger partial charge in [0.15, 0.2) is 6.19 Å². The Bertz CT molecular complexity index is 1240. The minimum atomic E-state index is -0.721. The molecule has 2 fully saturated rings. The summed E-state index contributed by atoms with van der Waals surface area (Å²) in [6.07, 6.45) is 5.55. The maximum atomic E-state index is 13.3. The summed E-state index contributed by atoms with van der Waals surface area (Å²) in [4.78, 5) is 37.0. The number of fused-ring (bicyclic) bond motifs is 1. The molecule has 2 amide bonds. The summed E-state index contributed by atoms with van der Waals surface area (Å²) in [6.45, 7) is 3.13. The van der Waals surface area contributed by atoms with Crippen molar-refractivity contribution < 1.29 is 14.0 Å². The number of hydrogen-bond acceptors (Lipinski definition) is 6. The van der Waals surface area contributed by atoms with Gasteiger partial charge in [0.25, 0.3) is 0 Å². The molecule has 1 aromatic heterocycles. The van der Waals surface area contributed by atoms with E-state index in [4.69, 9.17) is 9.95 Å². The highest BCUT2D eigenvalue weighted by Crippen LogP contribution is 2.23. The highest BCUT2D eigenvalue weighted by molar-refractivity contribution is 5.98. The number of hydrogen-bond donors (Lipinski definition) is 2. The van der Waals surface area contributed by atoms with Gasteiger partial charge in [-0.25, -0.2) is 4.99 Å². The molecule has 0 radical (unpaired) electrons. The number of nitrogens with one attached hydrogen (secondary N) is 2. The van der Waals surface area contributed by atoms with Crippen LogP contribution in [0.15, 0.2) is 38.8 Å². The number of likely N-dealkylation sites (tertiary alicyclic amines) is 2. The van der Waals surface area contributed by atoms with Crippen LogP contribution in [0.5, 0.6) is 0 Å². The Balaban J connectivity index is 1.47. The Morgan fingerprint density at radius 1 is 1.28 bits per heavy atom. The highest BCUT2D eigenvalue weighted by atomic mass is 16.3. The van der Waals surface area contributed by atoms with E-state index in [-0.39, 0.29) is 36.9 Å². The van der Waals surface area contributed by atoms with E-state index in [9.17, 15) is 14.9 Å². The van der Waals surface area contributed by atoms with E-state index in [0.29, 0.717) is 25.2 Å². The van der Waals surface area contributed by atoms with E-state index in [1.807, 2.05) is 37.4 Å². The molecule has 36 heavy (non-hydrogen) atoms. The Morgan fingerprint density at radius 3 is 2.94 bits per heavy atom. The van der Waals surface area contributed by atoms with Gasteiger partial charge >= 0.3 is 0 Å². The summed E-state index contributed by atoms with van der Waals surface area (Å²) in [7, 11) is 0. The van der Waals surface area contributed by atoms with Gasteiger partial charge in [-0.2, -0.15) is 5.26 Å². The highest BCUT2D eigenvalue weighted by Gasteiger charge is 2.33. The van der Waals surface area contributed by atoms with Crippen LogP contribution in [0.1, 0.15) is 37.9 Å². The number of aryl methyl sites for hydroxylation is 1. The average Bonchev–Trinajstić information content (AvgIpc) is 3.44. The molecule has 2 aromatic rings. The van der Waals surface area contributed by atoms with Crippen molar-refractivity contribution in [3.8, 4) is 6.19 Å². The average molecular weight is 492 g/mol. The zero-order valence-corrected chi connectivity index (χ0v) is 20.2. The van der Waals surface area contributed by atoms with Gasteiger partial charge in [0, 0.05) is 41.7 Å².